The van der Waals surface area contributed by atoms with Gasteiger partial charge >= 0.3 is 0 Å². The molecule has 1 aromatic carbocycles. The van der Waals surface area contributed by atoms with E-state index in [1.54, 1.807) is 18.3 Å². The van der Waals surface area contributed by atoms with Crippen LogP contribution in [0, 0.1) is 0 Å². The van der Waals surface area contributed by atoms with Crippen LogP contribution < -0.4 is 4.90 Å². The van der Waals surface area contributed by atoms with Crippen LogP contribution in [0.2, 0.25) is 5.02 Å². The van der Waals surface area contributed by atoms with E-state index >= 15 is 0 Å². The minimum Gasteiger partial charge on any atom is -0.363 e. The number of rotatable bonds is 7. The molecular formula is C24H27ClN4O2. The predicted molar refractivity (Wildman–Crippen MR) is 123 cm³/mol. The Hall–Kier alpha value is -2.86. The molecule has 2 aromatic rings. The van der Waals surface area contributed by atoms with Gasteiger partial charge in [-0.3, -0.25) is 14.5 Å². The molecule has 6 nitrogen and oxygen atoms in total. The summed E-state index contributed by atoms with van der Waals surface area (Å²) < 4.78 is 0. The van der Waals surface area contributed by atoms with E-state index in [9.17, 15) is 9.59 Å². The Morgan fingerprint density at radius 2 is 1.61 bits per heavy atom. The minimum absolute atomic E-state index is 0.183. The average molecular weight is 439 g/mol. The van der Waals surface area contributed by atoms with Crippen molar-refractivity contribution in [3.63, 3.8) is 0 Å². The number of halogens is 1. The lowest BCUT2D eigenvalue weighted by atomic mass is 10.0. The Balaban J connectivity index is 1.60. The van der Waals surface area contributed by atoms with E-state index < -0.39 is 0 Å². The molecule has 0 radical (unpaired) electrons. The highest BCUT2D eigenvalue weighted by molar-refractivity contribution is 6.36. The zero-order chi connectivity index (χ0) is 21.8. The first-order valence-electron chi connectivity index (χ1n) is 10.9. The standard InChI is InChI=1S/C24H27ClN4O2/c1-2-3-6-13-29-23(30)21(18-8-10-19(25)11-9-18)22(24(29)31)28-16-14-27(15-17-28)20-7-4-5-12-26-20/h4-5,7-12H,2-3,6,13-17H2,1H3. The molecule has 0 aliphatic carbocycles. The molecule has 0 saturated carbocycles. The fourth-order valence-electron chi connectivity index (χ4n) is 4.16. The Labute approximate surface area is 188 Å². The summed E-state index contributed by atoms with van der Waals surface area (Å²) in [5.74, 6) is 0.548. The molecule has 0 atom stereocenters. The molecule has 2 aliphatic heterocycles. The molecule has 162 valence electrons. The van der Waals surface area contributed by atoms with Crippen LogP contribution in [0.1, 0.15) is 31.7 Å². The number of imide groups is 1. The Morgan fingerprint density at radius 3 is 2.26 bits per heavy atom. The monoisotopic (exact) mass is 438 g/mol. The Morgan fingerprint density at radius 1 is 0.903 bits per heavy atom. The second-order valence-electron chi connectivity index (χ2n) is 7.86. The smallest absolute Gasteiger partial charge is 0.277 e. The summed E-state index contributed by atoms with van der Waals surface area (Å²) in [5, 5.41) is 0.603. The molecule has 2 amide bonds. The van der Waals surface area contributed by atoms with Crippen molar-refractivity contribution in [3.05, 3.63) is 64.9 Å². The topological polar surface area (TPSA) is 56.8 Å². The fraction of sp³-hybridized carbons (Fsp3) is 0.375. The average Bonchev–Trinajstić information content (AvgIpc) is 3.05. The number of carbonyl (C=O) groups is 2. The minimum atomic E-state index is -0.203. The van der Waals surface area contributed by atoms with Crippen LogP contribution in [0.3, 0.4) is 0 Å². The van der Waals surface area contributed by atoms with Gasteiger partial charge in [0.15, 0.2) is 0 Å². The lowest BCUT2D eigenvalue weighted by Gasteiger charge is -2.37. The van der Waals surface area contributed by atoms with Gasteiger partial charge in [0.05, 0.1) is 5.57 Å². The summed E-state index contributed by atoms with van der Waals surface area (Å²) in [5.41, 5.74) is 1.75. The van der Waals surface area contributed by atoms with Crippen molar-refractivity contribution >= 4 is 34.8 Å². The summed E-state index contributed by atoms with van der Waals surface area (Å²) >= 11 is 6.06. The zero-order valence-corrected chi connectivity index (χ0v) is 18.5. The van der Waals surface area contributed by atoms with E-state index in [4.69, 9.17) is 11.6 Å². The lowest BCUT2D eigenvalue weighted by Crippen LogP contribution is -2.48. The third-order valence-corrected chi connectivity index (χ3v) is 6.08. The van der Waals surface area contributed by atoms with E-state index in [1.807, 2.05) is 30.3 Å². The maximum absolute atomic E-state index is 13.4. The summed E-state index contributed by atoms with van der Waals surface area (Å²) in [4.78, 5) is 36.8. The van der Waals surface area contributed by atoms with Gasteiger partial charge < -0.3 is 9.80 Å². The highest BCUT2D eigenvalue weighted by Crippen LogP contribution is 2.33. The van der Waals surface area contributed by atoms with Gasteiger partial charge in [-0.2, -0.15) is 0 Å². The molecule has 1 saturated heterocycles. The zero-order valence-electron chi connectivity index (χ0n) is 17.8. The second kappa shape index (κ2) is 9.52. The van der Waals surface area contributed by atoms with E-state index in [0.717, 1.165) is 43.7 Å². The maximum atomic E-state index is 13.4. The molecular weight excluding hydrogens is 412 g/mol. The van der Waals surface area contributed by atoms with Gasteiger partial charge in [-0.15, -0.1) is 0 Å². The van der Waals surface area contributed by atoms with Crippen LogP contribution in [0.4, 0.5) is 5.82 Å². The van der Waals surface area contributed by atoms with Gasteiger partial charge in [0.2, 0.25) is 0 Å². The number of unbranched alkanes of at least 4 members (excludes halogenated alkanes) is 2. The summed E-state index contributed by atoms with van der Waals surface area (Å²) in [6, 6.07) is 13.0. The summed E-state index contributed by atoms with van der Waals surface area (Å²) in [7, 11) is 0. The SMILES string of the molecule is CCCCCN1C(=O)C(c2ccc(Cl)cc2)=C(N2CCN(c3ccccn3)CC2)C1=O. The molecule has 1 aromatic heterocycles. The van der Waals surface area contributed by atoms with Crippen molar-refractivity contribution < 1.29 is 9.59 Å². The molecule has 0 bridgehead atoms. The predicted octanol–water partition coefficient (Wildman–Crippen LogP) is 3.83. The highest BCUT2D eigenvalue weighted by Gasteiger charge is 2.41. The number of hydrogen-bond acceptors (Lipinski definition) is 5. The molecule has 4 rings (SSSR count). The van der Waals surface area contributed by atoms with Crippen molar-refractivity contribution in [1.82, 2.24) is 14.8 Å². The van der Waals surface area contributed by atoms with E-state index in [0.29, 0.717) is 35.9 Å². The van der Waals surface area contributed by atoms with Crippen molar-refractivity contribution in [1.29, 1.82) is 0 Å². The number of aromatic nitrogens is 1. The molecule has 3 heterocycles. The van der Waals surface area contributed by atoms with Crippen molar-refractivity contribution in [2.45, 2.75) is 26.2 Å². The highest BCUT2D eigenvalue weighted by atomic mass is 35.5. The molecule has 1 fully saturated rings. The number of carbonyl (C=O) groups excluding carboxylic acids is 2. The third kappa shape index (κ3) is 4.44. The normalized spacial score (nSPS) is 17.2. The van der Waals surface area contributed by atoms with Crippen molar-refractivity contribution in [2.24, 2.45) is 0 Å². The van der Waals surface area contributed by atoms with Crippen LogP contribution >= 0.6 is 11.6 Å². The first kappa shape index (κ1) is 21.4. The number of pyridine rings is 1. The van der Waals surface area contributed by atoms with Crippen LogP contribution in [-0.2, 0) is 9.59 Å². The molecule has 0 spiro atoms. The van der Waals surface area contributed by atoms with Crippen LogP contribution in [0.15, 0.2) is 54.4 Å². The number of anilines is 1. The van der Waals surface area contributed by atoms with Gasteiger partial charge in [0, 0.05) is 43.9 Å². The van der Waals surface area contributed by atoms with Crippen LogP contribution in [0.25, 0.3) is 5.57 Å². The molecule has 31 heavy (non-hydrogen) atoms. The number of piperazine rings is 1. The van der Waals surface area contributed by atoms with Gasteiger partial charge in [0.25, 0.3) is 11.8 Å². The molecule has 7 heteroatoms. The first-order valence-corrected chi connectivity index (χ1v) is 11.2. The number of hydrogen-bond donors (Lipinski definition) is 0. The fourth-order valence-corrected chi connectivity index (χ4v) is 4.28. The van der Waals surface area contributed by atoms with Gasteiger partial charge in [-0.05, 0) is 36.2 Å². The molecule has 0 N–H and O–H groups in total. The first-order chi connectivity index (χ1) is 15.1. The molecule has 0 unspecified atom stereocenters. The number of benzene rings is 1. The van der Waals surface area contributed by atoms with Crippen molar-refractivity contribution in [2.75, 3.05) is 37.6 Å². The van der Waals surface area contributed by atoms with E-state index in [2.05, 4.69) is 21.7 Å². The largest absolute Gasteiger partial charge is 0.363 e. The quantitative estimate of drug-likeness (QED) is 0.485. The van der Waals surface area contributed by atoms with Gasteiger partial charge in [-0.25, -0.2) is 4.98 Å². The summed E-state index contributed by atoms with van der Waals surface area (Å²) in [6.07, 6.45) is 4.64. The number of nitrogens with zero attached hydrogens (tertiary/aromatic N) is 4. The van der Waals surface area contributed by atoms with Crippen LogP contribution in [-0.4, -0.2) is 59.3 Å². The van der Waals surface area contributed by atoms with Gasteiger partial charge in [-0.1, -0.05) is 49.6 Å². The maximum Gasteiger partial charge on any atom is 0.277 e. The van der Waals surface area contributed by atoms with Crippen molar-refractivity contribution in [3.8, 4) is 0 Å². The Bertz CT molecular complexity index is 967. The Kier molecular flexibility index (Phi) is 6.56. The summed E-state index contributed by atoms with van der Waals surface area (Å²) in [6.45, 7) is 5.37. The third-order valence-electron chi connectivity index (χ3n) is 5.83. The lowest BCUT2D eigenvalue weighted by molar-refractivity contribution is -0.137. The molecule has 2 aliphatic rings. The van der Waals surface area contributed by atoms with E-state index in [1.165, 1.54) is 4.90 Å². The van der Waals surface area contributed by atoms with Crippen LogP contribution in [0.5, 0.6) is 0 Å². The number of amides is 2. The second-order valence-corrected chi connectivity index (χ2v) is 8.30. The van der Waals surface area contributed by atoms with E-state index in [-0.39, 0.29) is 11.8 Å². The van der Waals surface area contributed by atoms with Gasteiger partial charge in [0.1, 0.15) is 11.5 Å².